The van der Waals surface area contributed by atoms with Gasteiger partial charge in [-0.1, -0.05) is 0 Å². The standard InChI is InChI=1S/C10H18N2O4/c1-8(6-13)16-9(2)12(7-14)5-4-10(15)11-3/h4-5,7-9,13H,6H2,1-3H3,(H,11,15)/b5-4-. The number of aliphatic hydroxyl groups excluding tert-OH is 1. The third kappa shape index (κ3) is 5.47. The molecule has 0 aromatic rings. The average molecular weight is 230 g/mol. The van der Waals surface area contributed by atoms with E-state index in [9.17, 15) is 9.59 Å². The van der Waals surface area contributed by atoms with Gasteiger partial charge in [-0.15, -0.1) is 0 Å². The summed E-state index contributed by atoms with van der Waals surface area (Å²) < 4.78 is 5.28. The molecule has 2 amide bonds. The molecule has 0 aliphatic heterocycles. The molecule has 2 atom stereocenters. The lowest BCUT2D eigenvalue weighted by Crippen LogP contribution is -2.33. The Kier molecular flexibility index (Phi) is 7.15. The molecular weight excluding hydrogens is 212 g/mol. The minimum Gasteiger partial charge on any atom is -0.394 e. The number of amides is 2. The van der Waals surface area contributed by atoms with Gasteiger partial charge in [0.15, 0.2) is 0 Å². The van der Waals surface area contributed by atoms with E-state index in [1.54, 1.807) is 13.8 Å². The topological polar surface area (TPSA) is 78.9 Å². The Morgan fingerprint density at radius 3 is 2.62 bits per heavy atom. The highest BCUT2D eigenvalue weighted by Crippen LogP contribution is 2.03. The average Bonchev–Trinajstić information content (AvgIpc) is 2.29. The normalized spacial score (nSPS) is 14.5. The van der Waals surface area contributed by atoms with Gasteiger partial charge in [-0.2, -0.15) is 0 Å². The van der Waals surface area contributed by atoms with Crippen LogP contribution in [0.25, 0.3) is 0 Å². The fourth-order valence-electron chi connectivity index (χ4n) is 0.929. The summed E-state index contributed by atoms with van der Waals surface area (Å²) in [4.78, 5) is 22.8. The molecule has 2 unspecified atom stereocenters. The first kappa shape index (κ1) is 14.6. The van der Waals surface area contributed by atoms with Crippen molar-refractivity contribution in [2.45, 2.75) is 26.2 Å². The maximum absolute atomic E-state index is 10.9. The van der Waals surface area contributed by atoms with Gasteiger partial charge in [0.1, 0.15) is 6.23 Å². The van der Waals surface area contributed by atoms with E-state index in [0.29, 0.717) is 6.41 Å². The zero-order valence-electron chi connectivity index (χ0n) is 9.71. The number of nitrogens with one attached hydrogen (secondary N) is 1. The number of carbonyl (C=O) groups excluding carboxylic acids is 2. The summed E-state index contributed by atoms with van der Waals surface area (Å²) in [5, 5.41) is 11.2. The van der Waals surface area contributed by atoms with Crippen LogP contribution in [0.1, 0.15) is 13.8 Å². The van der Waals surface area contributed by atoms with E-state index in [4.69, 9.17) is 9.84 Å². The molecule has 2 N–H and O–H groups in total. The molecule has 0 saturated heterocycles. The molecule has 0 aromatic heterocycles. The molecule has 92 valence electrons. The molecule has 0 radical (unpaired) electrons. The molecule has 6 nitrogen and oxygen atoms in total. The maximum atomic E-state index is 10.9. The Morgan fingerprint density at radius 1 is 1.56 bits per heavy atom. The van der Waals surface area contributed by atoms with E-state index in [0.717, 1.165) is 0 Å². The Hall–Kier alpha value is -1.40. The van der Waals surface area contributed by atoms with Crippen molar-refractivity contribution in [2.24, 2.45) is 0 Å². The smallest absolute Gasteiger partial charge is 0.245 e. The molecule has 0 aliphatic rings. The lowest BCUT2D eigenvalue weighted by Gasteiger charge is -2.24. The van der Waals surface area contributed by atoms with Crippen molar-refractivity contribution in [3.63, 3.8) is 0 Å². The lowest BCUT2D eigenvalue weighted by molar-refractivity contribution is -0.131. The van der Waals surface area contributed by atoms with Crippen molar-refractivity contribution in [3.05, 3.63) is 12.3 Å². The van der Waals surface area contributed by atoms with Crippen LogP contribution in [0.2, 0.25) is 0 Å². The van der Waals surface area contributed by atoms with Crippen LogP contribution in [0.5, 0.6) is 0 Å². The molecule has 0 aromatic carbocycles. The van der Waals surface area contributed by atoms with Crippen molar-refractivity contribution >= 4 is 12.3 Å². The summed E-state index contributed by atoms with van der Waals surface area (Å²) in [6.07, 6.45) is 2.18. The van der Waals surface area contributed by atoms with E-state index in [1.165, 1.54) is 24.2 Å². The van der Waals surface area contributed by atoms with Crippen LogP contribution in [0.4, 0.5) is 0 Å². The van der Waals surface area contributed by atoms with Crippen LogP contribution in [0.3, 0.4) is 0 Å². The molecule has 0 heterocycles. The first-order valence-electron chi connectivity index (χ1n) is 4.94. The number of ether oxygens (including phenoxy) is 1. The minimum atomic E-state index is -0.541. The second kappa shape index (κ2) is 7.84. The van der Waals surface area contributed by atoms with Crippen LogP contribution < -0.4 is 5.32 Å². The van der Waals surface area contributed by atoms with Crippen LogP contribution in [0.15, 0.2) is 12.3 Å². The highest BCUT2D eigenvalue weighted by molar-refractivity contribution is 5.87. The fraction of sp³-hybridized carbons (Fsp3) is 0.600. The lowest BCUT2D eigenvalue weighted by atomic mass is 10.4. The molecule has 0 aliphatic carbocycles. The predicted molar refractivity (Wildman–Crippen MR) is 58.2 cm³/mol. The number of aliphatic hydroxyl groups is 1. The van der Waals surface area contributed by atoms with E-state index in [1.807, 2.05) is 0 Å². The molecule has 0 spiro atoms. The van der Waals surface area contributed by atoms with Gasteiger partial charge in [-0.3, -0.25) is 14.5 Å². The molecule has 0 fully saturated rings. The number of carbonyl (C=O) groups is 2. The van der Waals surface area contributed by atoms with Crippen LogP contribution in [-0.2, 0) is 14.3 Å². The van der Waals surface area contributed by atoms with Crippen molar-refractivity contribution in [2.75, 3.05) is 13.7 Å². The second-order valence-electron chi connectivity index (χ2n) is 3.21. The number of nitrogens with zero attached hydrogens (tertiary/aromatic N) is 1. The van der Waals surface area contributed by atoms with Crippen LogP contribution in [-0.4, -0.2) is 48.3 Å². The first-order chi connectivity index (χ1) is 7.54. The van der Waals surface area contributed by atoms with E-state index < -0.39 is 6.23 Å². The summed E-state index contributed by atoms with van der Waals surface area (Å²) in [6.45, 7) is 3.20. The van der Waals surface area contributed by atoms with Crippen molar-refractivity contribution in [3.8, 4) is 0 Å². The molecule has 6 heteroatoms. The van der Waals surface area contributed by atoms with Crippen molar-refractivity contribution in [1.82, 2.24) is 10.2 Å². The monoisotopic (exact) mass is 230 g/mol. The Morgan fingerprint density at radius 2 is 2.19 bits per heavy atom. The van der Waals surface area contributed by atoms with Gasteiger partial charge in [0.05, 0.1) is 12.7 Å². The molecule has 16 heavy (non-hydrogen) atoms. The second-order valence-corrected chi connectivity index (χ2v) is 3.21. The molecule has 0 bridgehead atoms. The quantitative estimate of drug-likeness (QED) is 0.349. The third-order valence-electron chi connectivity index (χ3n) is 1.87. The predicted octanol–water partition coefficient (Wildman–Crippen LogP) is -0.552. The molecule has 0 rings (SSSR count). The summed E-state index contributed by atoms with van der Waals surface area (Å²) in [7, 11) is 1.49. The van der Waals surface area contributed by atoms with Crippen molar-refractivity contribution in [1.29, 1.82) is 0 Å². The minimum absolute atomic E-state index is 0.129. The Balaban J connectivity index is 4.31. The first-order valence-corrected chi connectivity index (χ1v) is 4.94. The van der Waals surface area contributed by atoms with Crippen LogP contribution >= 0.6 is 0 Å². The summed E-state index contributed by atoms with van der Waals surface area (Å²) >= 11 is 0. The number of hydrogen-bond donors (Lipinski definition) is 2. The fourth-order valence-corrected chi connectivity index (χ4v) is 0.929. The highest BCUT2D eigenvalue weighted by atomic mass is 16.5. The SMILES string of the molecule is CNC(=O)/C=C\N(C=O)C(C)OC(C)CO. The van der Waals surface area contributed by atoms with Crippen molar-refractivity contribution < 1.29 is 19.4 Å². The van der Waals surface area contributed by atoms with Gasteiger partial charge in [0, 0.05) is 19.3 Å². The zero-order valence-corrected chi connectivity index (χ0v) is 9.71. The number of rotatable bonds is 7. The van der Waals surface area contributed by atoms with Gasteiger partial charge in [-0.05, 0) is 13.8 Å². The van der Waals surface area contributed by atoms with Gasteiger partial charge in [-0.25, -0.2) is 0 Å². The third-order valence-corrected chi connectivity index (χ3v) is 1.87. The number of likely N-dealkylation sites (N-methyl/N-ethyl adjacent to an activating group) is 1. The van der Waals surface area contributed by atoms with Gasteiger partial charge >= 0.3 is 0 Å². The van der Waals surface area contributed by atoms with E-state index >= 15 is 0 Å². The molecule has 0 saturated carbocycles. The summed E-state index contributed by atoms with van der Waals surface area (Å²) in [5.41, 5.74) is 0. The Bertz CT molecular complexity index is 255. The maximum Gasteiger partial charge on any atom is 0.245 e. The van der Waals surface area contributed by atoms with E-state index in [-0.39, 0.29) is 18.6 Å². The Labute approximate surface area is 94.9 Å². The number of hydrogen-bond acceptors (Lipinski definition) is 4. The zero-order chi connectivity index (χ0) is 12.6. The van der Waals surface area contributed by atoms with E-state index in [2.05, 4.69) is 5.32 Å². The largest absolute Gasteiger partial charge is 0.394 e. The summed E-state index contributed by atoms with van der Waals surface area (Å²) in [5.74, 6) is -0.311. The van der Waals surface area contributed by atoms with Crippen LogP contribution in [0, 0.1) is 0 Å². The van der Waals surface area contributed by atoms with Gasteiger partial charge < -0.3 is 15.2 Å². The van der Waals surface area contributed by atoms with Gasteiger partial charge in [0.25, 0.3) is 0 Å². The summed E-state index contributed by atoms with van der Waals surface area (Å²) in [6, 6.07) is 0. The molecular formula is C10H18N2O4. The van der Waals surface area contributed by atoms with Gasteiger partial charge in [0.2, 0.25) is 12.3 Å². The highest BCUT2D eigenvalue weighted by Gasteiger charge is 2.12.